The molecule has 1 saturated heterocycles. The molecule has 2 aliphatic heterocycles. The average molecular weight is 503 g/mol. The molecule has 1 saturated carbocycles. The summed E-state index contributed by atoms with van der Waals surface area (Å²) in [4.78, 5) is 23.9. The van der Waals surface area contributed by atoms with E-state index in [0.29, 0.717) is 45.0 Å². The minimum atomic E-state index is -3.09. The van der Waals surface area contributed by atoms with Crippen molar-refractivity contribution in [1.82, 2.24) is 14.5 Å². The average Bonchev–Trinajstić information content (AvgIpc) is 3.64. The van der Waals surface area contributed by atoms with E-state index in [4.69, 9.17) is 16.3 Å². The van der Waals surface area contributed by atoms with E-state index >= 15 is 0 Å². The van der Waals surface area contributed by atoms with Crippen molar-refractivity contribution in [3.05, 3.63) is 39.8 Å². The molecule has 1 atom stereocenters. The van der Waals surface area contributed by atoms with E-state index < -0.39 is 24.1 Å². The van der Waals surface area contributed by atoms with E-state index in [1.54, 1.807) is 31.4 Å². The second-order valence-corrected chi connectivity index (χ2v) is 10.2. The van der Waals surface area contributed by atoms with Gasteiger partial charge in [-0.3, -0.25) is 4.79 Å². The van der Waals surface area contributed by atoms with Gasteiger partial charge in [0.15, 0.2) is 12.4 Å². The molecule has 0 radical (unpaired) electrons. The third-order valence-electron chi connectivity index (χ3n) is 6.95. The van der Waals surface area contributed by atoms with Crippen molar-refractivity contribution < 1.29 is 13.5 Å². The first kappa shape index (κ1) is 22.3. The highest BCUT2D eigenvalue weighted by atomic mass is 35.5. The molecule has 1 unspecified atom stereocenters. The van der Waals surface area contributed by atoms with Crippen molar-refractivity contribution >= 4 is 45.6 Å². The number of aryl methyl sites for hydroxylation is 1. The van der Waals surface area contributed by atoms with E-state index in [2.05, 4.69) is 32.4 Å². The summed E-state index contributed by atoms with van der Waals surface area (Å²) in [5.41, 5.74) is 1.08. The first-order valence-electron chi connectivity index (χ1n) is 11.7. The van der Waals surface area contributed by atoms with Crippen LogP contribution in [0.25, 0.3) is 10.9 Å². The van der Waals surface area contributed by atoms with Gasteiger partial charge in [0.05, 0.1) is 23.4 Å². The second-order valence-electron chi connectivity index (χ2n) is 9.81. The third-order valence-corrected chi connectivity index (χ3v) is 7.23. The normalized spacial score (nSPS) is 21.5. The zero-order valence-corrected chi connectivity index (χ0v) is 20.1. The molecule has 0 bridgehead atoms. The summed E-state index contributed by atoms with van der Waals surface area (Å²) in [6.45, 7) is 3.10. The number of ether oxygens (including phenoxy) is 1. The number of pyridine rings is 1. The number of hydrogen-bond donors (Lipinski definition) is 2. The molecule has 0 spiro atoms. The third kappa shape index (κ3) is 3.84. The predicted molar refractivity (Wildman–Crippen MR) is 131 cm³/mol. The number of hydrogen-bond acceptors (Lipinski definition) is 7. The fraction of sp³-hybridized carbons (Fsp3) is 0.458. The summed E-state index contributed by atoms with van der Waals surface area (Å²) in [6, 6.07) is 4.26. The van der Waals surface area contributed by atoms with Crippen LogP contribution in [-0.4, -0.2) is 46.2 Å². The number of fused-ring (bicyclic) bond motifs is 3. The lowest BCUT2D eigenvalue weighted by atomic mass is 10.0. The number of rotatable bonds is 4. The predicted octanol–water partition coefficient (Wildman–Crippen LogP) is 4.40. The van der Waals surface area contributed by atoms with Crippen LogP contribution in [0, 0.1) is 11.8 Å². The Morgan fingerprint density at radius 2 is 2.06 bits per heavy atom. The van der Waals surface area contributed by atoms with Gasteiger partial charge in [0.2, 0.25) is 11.7 Å². The Morgan fingerprint density at radius 3 is 2.77 bits per heavy atom. The van der Waals surface area contributed by atoms with Crippen LogP contribution in [0.4, 0.5) is 31.9 Å². The quantitative estimate of drug-likeness (QED) is 0.547. The molecule has 2 aromatic heterocycles. The van der Waals surface area contributed by atoms with E-state index in [9.17, 15) is 13.6 Å². The van der Waals surface area contributed by atoms with Crippen LogP contribution in [0.5, 0.6) is 5.75 Å². The minimum Gasteiger partial charge on any atom is -0.480 e. The van der Waals surface area contributed by atoms with Crippen LogP contribution in [0.1, 0.15) is 19.8 Å². The maximum atomic E-state index is 14.8. The first-order valence-corrected chi connectivity index (χ1v) is 12.1. The van der Waals surface area contributed by atoms with Gasteiger partial charge in [-0.25, -0.2) is 13.8 Å². The van der Waals surface area contributed by atoms with Crippen molar-refractivity contribution in [2.45, 2.75) is 31.7 Å². The molecule has 4 heterocycles. The van der Waals surface area contributed by atoms with Gasteiger partial charge in [-0.2, -0.15) is 4.98 Å². The summed E-state index contributed by atoms with van der Waals surface area (Å²) in [7, 11) is 1.60. The molecule has 3 aliphatic rings. The van der Waals surface area contributed by atoms with Crippen molar-refractivity contribution in [3.8, 4) is 5.75 Å². The summed E-state index contributed by atoms with van der Waals surface area (Å²) in [6.07, 6.45) is 3.01. The van der Waals surface area contributed by atoms with Crippen molar-refractivity contribution in [3.63, 3.8) is 0 Å². The Labute approximate surface area is 205 Å². The van der Waals surface area contributed by atoms with Gasteiger partial charge in [0.25, 0.3) is 5.56 Å². The second kappa shape index (κ2) is 7.94. The molecule has 2 fully saturated rings. The van der Waals surface area contributed by atoms with E-state index in [1.807, 2.05) is 0 Å². The van der Waals surface area contributed by atoms with Crippen LogP contribution < -0.4 is 25.8 Å². The molecule has 8 nitrogen and oxygen atoms in total. The number of alkyl halides is 2. The Morgan fingerprint density at radius 1 is 1.29 bits per heavy atom. The standard InChI is InChI=1S/C24H25ClF2N6O2/c1-12-9-33(10-12)23-28-8-16(25)21(31-23)29-14-5-6-17-15(7-14)18-19(22(34)32(17)2)35-11-24(26,27)20(30-18)13-3-4-13/h5-8,12-13,20,30H,3-4,9-11H2,1-2H3,(H,28,29,31). The van der Waals surface area contributed by atoms with Gasteiger partial charge < -0.3 is 24.8 Å². The molecular weight excluding hydrogens is 478 g/mol. The van der Waals surface area contributed by atoms with Crippen LogP contribution in [0.15, 0.2) is 29.2 Å². The maximum Gasteiger partial charge on any atom is 0.301 e. The van der Waals surface area contributed by atoms with Crippen molar-refractivity contribution in [1.29, 1.82) is 0 Å². The lowest BCUT2D eigenvalue weighted by molar-refractivity contribution is -0.0579. The molecule has 2 N–H and O–H groups in total. The summed E-state index contributed by atoms with van der Waals surface area (Å²) < 4.78 is 36.5. The van der Waals surface area contributed by atoms with Gasteiger partial charge in [0, 0.05) is 31.2 Å². The van der Waals surface area contributed by atoms with Crippen molar-refractivity contribution in [2.24, 2.45) is 18.9 Å². The maximum absolute atomic E-state index is 14.8. The van der Waals surface area contributed by atoms with Crippen LogP contribution in [0.2, 0.25) is 5.02 Å². The summed E-state index contributed by atoms with van der Waals surface area (Å²) in [5.74, 6) is -1.70. The van der Waals surface area contributed by atoms with Gasteiger partial charge >= 0.3 is 5.92 Å². The smallest absolute Gasteiger partial charge is 0.301 e. The molecule has 1 aliphatic carbocycles. The SMILES string of the molecule is CC1CN(c2ncc(Cl)c(Nc3ccc4c(c3)c3c(c(=O)n4C)OCC(F)(F)C(C4CC4)N3)n2)C1. The number of anilines is 4. The number of nitrogens with one attached hydrogen (secondary N) is 2. The van der Waals surface area contributed by atoms with Crippen LogP contribution >= 0.6 is 11.6 Å². The molecule has 1 aromatic carbocycles. The Kier molecular flexibility index (Phi) is 5.07. The molecule has 3 aromatic rings. The molecule has 6 rings (SSSR count). The van der Waals surface area contributed by atoms with Gasteiger partial charge in [-0.05, 0) is 42.9 Å². The molecular formula is C24H25ClF2N6O2. The number of aromatic nitrogens is 3. The molecule has 35 heavy (non-hydrogen) atoms. The zero-order chi connectivity index (χ0) is 24.5. The highest BCUT2D eigenvalue weighted by molar-refractivity contribution is 6.32. The van der Waals surface area contributed by atoms with E-state index in [0.717, 1.165) is 25.9 Å². The number of halogens is 3. The Balaban J connectivity index is 1.41. The van der Waals surface area contributed by atoms with Gasteiger partial charge in [-0.1, -0.05) is 18.5 Å². The fourth-order valence-corrected chi connectivity index (χ4v) is 5.02. The zero-order valence-electron chi connectivity index (χ0n) is 19.3. The molecule has 184 valence electrons. The summed E-state index contributed by atoms with van der Waals surface area (Å²) >= 11 is 6.37. The monoisotopic (exact) mass is 502 g/mol. The highest BCUT2D eigenvalue weighted by Gasteiger charge is 2.51. The van der Waals surface area contributed by atoms with E-state index in [1.165, 1.54) is 4.57 Å². The van der Waals surface area contributed by atoms with Crippen LogP contribution in [0.3, 0.4) is 0 Å². The number of benzene rings is 1. The topological polar surface area (TPSA) is 84.3 Å². The Hall–Kier alpha value is -3.14. The molecule has 0 amide bonds. The lowest BCUT2D eigenvalue weighted by Crippen LogP contribution is -2.46. The van der Waals surface area contributed by atoms with E-state index in [-0.39, 0.29) is 11.7 Å². The first-order chi connectivity index (χ1) is 16.7. The highest BCUT2D eigenvalue weighted by Crippen LogP contribution is 2.45. The molecule has 11 heteroatoms. The number of nitrogens with zero attached hydrogens (tertiary/aromatic N) is 4. The minimum absolute atomic E-state index is 0.0887. The van der Waals surface area contributed by atoms with Crippen LogP contribution in [-0.2, 0) is 7.05 Å². The lowest BCUT2D eigenvalue weighted by Gasteiger charge is -2.37. The van der Waals surface area contributed by atoms with Crippen molar-refractivity contribution in [2.75, 3.05) is 35.2 Å². The van der Waals surface area contributed by atoms with Gasteiger partial charge in [0.1, 0.15) is 5.02 Å². The Bertz CT molecular complexity index is 1390. The fourth-order valence-electron chi connectivity index (χ4n) is 4.88. The summed E-state index contributed by atoms with van der Waals surface area (Å²) in [5, 5.41) is 7.17. The van der Waals surface area contributed by atoms with Gasteiger partial charge in [-0.15, -0.1) is 0 Å². The largest absolute Gasteiger partial charge is 0.480 e.